The van der Waals surface area contributed by atoms with Crippen LogP contribution >= 0.6 is 11.6 Å². The Labute approximate surface area is 111 Å². The van der Waals surface area contributed by atoms with Gasteiger partial charge in [-0.1, -0.05) is 31.5 Å². The molecule has 2 rings (SSSR count). The quantitative estimate of drug-likeness (QED) is 0.905. The van der Waals surface area contributed by atoms with E-state index in [4.69, 9.17) is 11.6 Å². The highest BCUT2D eigenvalue weighted by Crippen LogP contribution is 2.24. The minimum absolute atomic E-state index is 0.0990. The van der Waals surface area contributed by atoms with Crippen LogP contribution in [0, 0.1) is 11.7 Å². The molecule has 0 saturated carbocycles. The normalized spacial score (nSPS) is 10.9. The molecular formula is C13H15ClFN3. The van der Waals surface area contributed by atoms with Gasteiger partial charge in [-0.2, -0.15) is 0 Å². The third kappa shape index (κ3) is 2.82. The molecule has 0 bridgehead atoms. The molecule has 0 radical (unpaired) electrons. The number of halogens is 2. The van der Waals surface area contributed by atoms with E-state index < -0.39 is 5.82 Å². The number of anilines is 2. The van der Waals surface area contributed by atoms with Crippen LogP contribution < -0.4 is 5.32 Å². The summed E-state index contributed by atoms with van der Waals surface area (Å²) in [4.78, 5) is 4.18. The molecule has 0 saturated heterocycles. The molecule has 0 unspecified atom stereocenters. The van der Waals surface area contributed by atoms with E-state index in [1.54, 1.807) is 18.3 Å². The topological polar surface area (TPSA) is 29.9 Å². The third-order valence-corrected chi connectivity index (χ3v) is 2.77. The van der Waals surface area contributed by atoms with Gasteiger partial charge in [-0.05, 0) is 18.1 Å². The Kier molecular flexibility index (Phi) is 3.87. The second-order valence-electron chi connectivity index (χ2n) is 4.52. The Balaban J connectivity index is 2.24. The van der Waals surface area contributed by atoms with Gasteiger partial charge in [0.1, 0.15) is 0 Å². The first-order valence-corrected chi connectivity index (χ1v) is 6.18. The Morgan fingerprint density at radius 1 is 1.44 bits per heavy atom. The van der Waals surface area contributed by atoms with Gasteiger partial charge in [-0.15, -0.1) is 0 Å². The van der Waals surface area contributed by atoms with Crippen molar-refractivity contribution in [1.29, 1.82) is 0 Å². The molecule has 1 N–H and O–H groups in total. The van der Waals surface area contributed by atoms with Gasteiger partial charge < -0.3 is 9.88 Å². The predicted molar refractivity (Wildman–Crippen MR) is 71.8 cm³/mol. The molecule has 96 valence electrons. The van der Waals surface area contributed by atoms with Crippen molar-refractivity contribution >= 4 is 23.2 Å². The Bertz CT molecular complexity index is 537. The predicted octanol–water partition coefficient (Wildman–Crippen LogP) is 4.08. The van der Waals surface area contributed by atoms with E-state index in [0.29, 0.717) is 17.6 Å². The van der Waals surface area contributed by atoms with Gasteiger partial charge in [0.25, 0.3) is 0 Å². The average molecular weight is 268 g/mol. The van der Waals surface area contributed by atoms with Crippen molar-refractivity contribution < 1.29 is 4.39 Å². The van der Waals surface area contributed by atoms with Gasteiger partial charge in [-0.3, -0.25) is 0 Å². The van der Waals surface area contributed by atoms with Crippen molar-refractivity contribution in [3.63, 3.8) is 0 Å². The zero-order valence-corrected chi connectivity index (χ0v) is 11.1. The lowest BCUT2D eigenvalue weighted by Crippen LogP contribution is -2.08. The zero-order valence-electron chi connectivity index (χ0n) is 10.3. The van der Waals surface area contributed by atoms with Gasteiger partial charge in [-0.25, -0.2) is 9.37 Å². The standard InChI is InChI=1S/C13H15ClFN3/c1-9(2)8-18-7-6-16-13(18)17-11-5-3-4-10(14)12(11)15/h3-7,9H,8H2,1-2H3,(H,16,17). The van der Waals surface area contributed by atoms with E-state index in [1.807, 2.05) is 10.8 Å². The maximum atomic E-state index is 13.8. The van der Waals surface area contributed by atoms with Crippen LogP contribution in [-0.4, -0.2) is 9.55 Å². The fourth-order valence-corrected chi connectivity index (χ4v) is 1.87. The first kappa shape index (κ1) is 12.9. The fourth-order valence-electron chi connectivity index (χ4n) is 1.69. The minimum Gasteiger partial charge on any atom is -0.323 e. The van der Waals surface area contributed by atoms with E-state index in [-0.39, 0.29) is 5.02 Å². The molecule has 0 aliphatic heterocycles. The van der Waals surface area contributed by atoms with Crippen LogP contribution in [0.15, 0.2) is 30.6 Å². The molecule has 18 heavy (non-hydrogen) atoms. The van der Waals surface area contributed by atoms with Crippen molar-refractivity contribution in [3.8, 4) is 0 Å². The summed E-state index contributed by atoms with van der Waals surface area (Å²) in [6, 6.07) is 4.85. The lowest BCUT2D eigenvalue weighted by Gasteiger charge is -2.12. The van der Waals surface area contributed by atoms with Crippen molar-refractivity contribution in [3.05, 3.63) is 41.4 Å². The first-order chi connectivity index (χ1) is 8.58. The summed E-state index contributed by atoms with van der Waals surface area (Å²) in [7, 11) is 0. The molecule has 0 aliphatic rings. The van der Waals surface area contributed by atoms with E-state index >= 15 is 0 Å². The van der Waals surface area contributed by atoms with Crippen LogP contribution in [0.5, 0.6) is 0 Å². The van der Waals surface area contributed by atoms with Gasteiger partial charge in [0.2, 0.25) is 5.95 Å². The van der Waals surface area contributed by atoms with Crippen molar-refractivity contribution in [2.24, 2.45) is 5.92 Å². The monoisotopic (exact) mass is 267 g/mol. The molecule has 1 aromatic carbocycles. The molecule has 0 atom stereocenters. The maximum absolute atomic E-state index is 13.8. The number of nitrogens with zero attached hydrogens (tertiary/aromatic N) is 2. The number of benzene rings is 1. The number of hydrogen-bond donors (Lipinski definition) is 1. The molecule has 5 heteroatoms. The molecule has 0 fully saturated rings. The SMILES string of the molecule is CC(C)Cn1ccnc1Nc1cccc(Cl)c1F. The average Bonchev–Trinajstić information content (AvgIpc) is 2.72. The molecular weight excluding hydrogens is 253 g/mol. The summed E-state index contributed by atoms with van der Waals surface area (Å²) in [5.41, 5.74) is 0.332. The van der Waals surface area contributed by atoms with Gasteiger partial charge in [0.15, 0.2) is 5.82 Å². The highest BCUT2D eigenvalue weighted by Gasteiger charge is 2.09. The Hall–Kier alpha value is -1.55. The smallest absolute Gasteiger partial charge is 0.207 e. The summed E-state index contributed by atoms with van der Waals surface area (Å²) in [5.74, 6) is 0.645. The van der Waals surface area contributed by atoms with Gasteiger partial charge in [0.05, 0.1) is 10.7 Å². The minimum atomic E-state index is -0.460. The second kappa shape index (κ2) is 5.40. The second-order valence-corrected chi connectivity index (χ2v) is 4.93. The van der Waals surface area contributed by atoms with Gasteiger partial charge >= 0.3 is 0 Å². The number of nitrogens with one attached hydrogen (secondary N) is 1. The zero-order chi connectivity index (χ0) is 13.1. The van der Waals surface area contributed by atoms with Crippen LogP contribution in [0.2, 0.25) is 5.02 Å². The number of hydrogen-bond acceptors (Lipinski definition) is 2. The van der Waals surface area contributed by atoms with E-state index in [0.717, 1.165) is 6.54 Å². The van der Waals surface area contributed by atoms with Crippen molar-refractivity contribution in [2.75, 3.05) is 5.32 Å². The summed E-state index contributed by atoms with van der Waals surface area (Å²) in [6.45, 7) is 5.05. The molecule has 3 nitrogen and oxygen atoms in total. The van der Waals surface area contributed by atoms with E-state index in [9.17, 15) is 4.39 Å². The third-order valence-electron chi connectivity index (χ3n) is 2.48. The first-order valence-electron chi connectivity index (χ1n) is 5.80. The number of rotatable bonds is 4. The lowest BCUT2D eigenvalue weighted by atomic mass is 10.2. The molecule has 0 spiro atoms. The largest absolute Gasteiger partial charge is 0.323 e. The molecule has 0 aliphatic carbocycles. The van der Waals surface area contributed by atoms with Crippen LogP contribution in [0.3, 0.4) is 0 Å². The maximum Gasteiger partial charge on any atom is 0.207 e. The van der Waals surface area contributed by atoms with Crippen LogP contribution in [0.4, 0.5) is 16.0 Å². The summed E-state index contributed by atoms with van der Waals surface area (Å²) < 4.78 is 15.7. The summed E-state index contributed by atoms with van der Waals surface area (Å²) in [6.07, 6.45) is 3.55. The highest BCUT2D eigenvalue weighted by atomic mass is 35.5. The van der Waals surface area contributed by atoms with Gasteiger partial charge in [0, 0.05) is 18.9 Å². The summed E-state index contributed by atoms with van der Waals surface area (Å²) in [5, 5.41) is 3.06. The molecule has 0 amide bonds. The number of imidazole rings is 1. The number of aromatic nitrogens is 2. The van der Waals surface area contributed by atoms with E-state index in [1.165, 1.54) is 6.07 Å². The van der Waals surface area contributed by atoms with E-state index in [2.05, 4.69) is 24.1 Å². The molecule has 2 aromatic rings. The van der Waals surface area contributed by atoms with Crippen molar-refractivity contribution in [2.45, 2.75) is 20.4 Å². The Morgan fingerprint density at radius 3 is 2.94 bits per heavy atom. The Morgan fingerprint density at radius 2 is 2.22 bits per heavy atom. The molecule has 1 heterocycles. The lowest BCUT2D eigenvalue weighted by molar-refractivity contribution is 0.527. The van der Waals surface area contributed by atoms with Crippen LogP contribution in [0.1, 0.15) is 13.8 Å². The molecule has 1 aromatic heterocycles. The fraction of sp³-hybridized carbons (Fsp3) is 0.308. The van der Waals surface area contributed by atoms with Crippen LogP contribution in [-0.2, 0) is 6.54 Å². The summed E-state index contributed by atoms with van der Waals surface area (Å²) >= 11 is 5.74. The van der Waals surface area contributed by atoms with Crippen LogP contribution in [0.25, 0.3) is 0 Å². The highest BCUT2D eigenvalue weighted by molar-refractivity contribution is 6.31. The van der Waals surface area contributed by atoms with Crippen molar-refractivity contribution in [1.82, 2.24) is 9.55 Å².